The van der Waals surface area contributed by atoms with Crippen molar-refractivity contribution < 1.29 is 22.8 Å². The second kappa shape index (κ2) is 6.96. The van der Waals surface area contributed by atoms with Crippen molar-refractivity contribution in [1.82, 2.24) is 10.2 Å². The van der Waals surface area contributed by atoms with E-state index in [1.165, 1.54) is 7.05 Å². The number of hydrogen-bond acceptors (Lipinski definition) is 3. The monoisotopic (exact) mass is 303 g/mol. The third-order valence-electron chi connectivity index (χ3n) is 2.63. The van der Waals surface area contributed by atoms with Gasteiger partial charge in [0.1, 0.15) is 6.54 Å². The molecule has 0 bridgehead atoms. The molecule has 0 heterocycles. The Hall–Kier alpha value is -2.25. The predicted molar refractivity (Wildman–Crippen MR) is 71.3 cm³/mol. The molecule has 8 heteroatoms. The number of nitrogen functional groups attached to an aromatic ring is 1. The van der Waals surface area contributed by atoms with Crippen LogP contribution in [0.4, 0.5) is 18.9 Å². The molecule has 0 aliphatic heterocycles. The zero-order chi connectivity index (χ0) is 16.0. The van der Waals surface area contributed by atoms with Gasteiger partial charge in [0, 0.05) is 12.7 Å². The van der Waals surface area contributed by atoms with Crippen molar-refractivity contribution >= 4 is 17.5 Å². The van der Waals surface area contributed by atoms with E-state index in [4.69, 9.17) is 5.73 Å². The lowest BCUT2D eigenvalue weighted by molar-refractivity contribution is -0.141. The van der Waals surface area contributed by atoms with E-state index < -0.39 is 25.2 Å². The minimum Gasteiger partial charge on any atom is -0.399 e. The molecule has 116 valence electrons. The highest BCUT2D eigenvalue weighted by molar-refractivity contribution is 5.85. The van der Waals surface area contributed by atoms with Crippen molar-refractivity contribution in [3.63, 3.8) is 0 Å². The third kappa shape index (κ3) is 6.64. The van der Waals surface area contributed by atoms with Crippen molar-refractivity contribution in [2.75, 3.05) is 25.9 Å². The average molecular weight is 303 g/mol. The summed E-state index contributed by atoms with van der Waals surface area (Å²) < 4.78 is 35.8. The van der Waals surface area contributed by atoms with Crippen LogP contribution in [0, 0.1) is 0 Å². The van der Waals surface area contributed by atoms with Crippen LogP contribution < -0.4 is 11.1 Å². The molecule has 2 amide bonds. The van der Waals surface area contributed by atoms with Gasteiger partial charge in [-0.1, -0.05) is 12.1 Å². The molecular formula is C13H16F3N3O2. The standard InChI is InChI=1S/C13H16F3N3O2/c1-19(7-11(20)18-8-13(14,15)16)12(21)6-9-2-4-10(17)5-3-9/h2-5H,6-8,17H2,1H3,(H,18,20). The highest BCUT2D eigenvalue weighted by Crippen LogP contribution is 2.12. The summed E-state index contributed by atoms with van der Waals surface area (Å²) in [6.07, 6.45) is -4.43. The van der Waals surface area contributed by atoms with Crippen LogP contribution in [0.15, 0.2) is 24.3 Å². The van der Waals surface area contributed by atoms with Crippen LogP contribution in [0.5, 0.6) is 0 Å². The number of rotatable bonds is 5. The molecule has 0 radical (unpaired) electrons. The summed E-state index contributed by atoms with van der Waals surface area (Å²) in [5, 5.41) is 1.71. The fraction of sp³-hybridized carbons (Fsp3) is 0.385. The Morgan fingerprint density at radius 2 is 1.81 bits per heavy atom. The van der Waals surface area contributed by atoms with Gasteiger partial charge >= 0.3 is 6.18 Å². The molecule has 1 aromatic carbocycles. The Balaban J connectivity index is 2.43. The van der Waals surface area contributed by atoms with E-state index in [-0.39, 0.29) is 12.3 Å². The molecule has 0 fully saturated rings. The van der Waals surface area contributed by atoms with Crippen LogP contribution in [0.25, 0.3) is 0 Å². The average Bonchev–Trinajstić information content (AvgIpc) is 2.38. The van der Waals surface area contributed by atoms with E-state index in [9.17, 15) is 22.8 Å². The van der Waals surface area contributed by atoms with Crippen molar-refractivity contribution in [2.45, 2.75) is 12.6 Å². The molecule has 0 spiro atoms. The lowest BCUT2D eigenvalue weighted by atomic mass is 10.1. The maximum atomic E-state index is 11.9. The first-order chi connectivity index (χ1) is 9.67. The van der Waals surface area contributed by atoms with Gasteiger partial charge in [0.05, 0.1) is 13.0 Å². The first-order valence-corrected chi connectivity index (χ1v) is 6.09. The Kier molecular flexibility index (Phi) is 5.57. The van der Waals surface area contributed by atoms with Crippen LogP contribution in [0.2, 0.25) is 0 Å². The number of nitrogens with one attached hydrogen (secondary N) is 1. The predicted octanol–water partition coefficient (Wildman–Crippen LogP) is 0.948. The number of nitrogens with two attached hydrogens (primary N) is 1. The molecule has 1 aromatic rings. The molecule has 0 aliphatic carbocycles. The molecule has 3 N–H and O–H groups in total. The minimum atomic E-state index is -4.47. The van der Waals surface area contributed by atoms with Gasteiger partial charge in [-0.2, -0.15) is 13.2 Å². The fourth-order valence-electron chi connectivity index (χ4n) is 1.50. The molecule has 0 unspecified atom stereocenters. The van der Waals surface area contributed by atoms with Crippen LogP contribution in [0.1, 0.15) is 5.56 Å². The topological polar surface area (TPSA) is 75.4 Å². The number of benzene rings is 1. The first kappa shape index (κ1) is 16.8. The summed E-state index contributed by atoms with van der Waals surface area (Å²) in [4.78, 5) is 24.2. The number of hydrogen-bond donors (Lipinski definition) is 2. The van der Waals surface area contributed by atoms with Gasteiger partial charge in [-0.25, -0.2) is 0 Å². The quantitative estimate of drug-likeness (QED) is 0.795. The number of anilines is 1. The molecule has 21 heavy (non-hydrogen) atoms. The van der Waals surface area contributed by atoms with Crippen molar-refractivity contribution in [3.8, 4) is 0 Å². The lowest BCUT2D eigenvalue weighted by Crippen LogP contribution is -2.42. The number of likely N-dealkylation sites (N-methyl/N-ethyl adjacent to an activating group) is 1. The summed E-state index contributed by atoms with van der Waals surface area (Å²) in [6, 6.07) is 6.62. The van der Waals surface area contributed by atoms with Crippen LogP contribution in [-0.2, 0) is 16.0 Å². The van der Waals surface area contributed by atoms with Crippen LogP contribution in [0.3, 0.4) is 0 Å². The normalized spacial score (nSPS) is 11.0. The zero-order valence-corrected chi connectivity index (χ0v) is 11.4. The third-order valence-corrected chi connectivity index (χ3v) is 2.63. The Labute approximate surface area is 119 Å². The first-order valence-electron chi connectivity index (χ1n) is 6.09. The molecule has 0 aliphatic rings. The molecule has 0 saturated heterocycles. The van der Waals surface area contributed by atoms with E-state index in [2.05, 4.69) is 0 Å². The zero-order valence-electron chi connectivity index (χ0n) is 11.4. The lowest BCUT2D eigenvalue weighted by Gasteiger charge is -2.17. The van der Waals surface area contributed by atoms with E-state index >= 15 is 0 Å². The Bertz CT molecular complexity index is 500. The van der Waals surface area contributed by atoms with Gasteiger partial charge in [-0.3, -0.25) is 9.59 Å². The maximum absolute atomic E-state index is 11.9. The van der Waals surface area contributed by atoms with Gasteiger partial charge in [0.2, 0.25) is 11.8 Å². The van der Waals surface area contributed by atoms with Gasteiger partial charge in [-0.05, 0) is 17.7 Å². The SMILES string of the molecule is CN(CC(=O)NCC(F)(F)F)C(=O)Cc1ccc(N)cc1. The Morgan fingerprint density at radius 3 is 2.33 bits per heavy atom. The summed E-state index contributed by atoms with van der Waals surface area (Å²) in [5.41, 5.74) is 6.78. The Morgan fingerprint density at radius 1 is 1.24 bits per heavy atom. The number of carbonyl (C=O) groups is 2. The van der Waals surface area contributed by atoms with Crippen molar-refractivity contribution in [3.05, 3.63) is 29.8 Å². The van der Waals surface area contributed by atoms with Gasteiger partial charge < -0.3 is 16.0 Å². The smallest absolute Gasteiger partial charge is 0.399 e. The highest BCUT2D eigenvalue weighted by atomic mass is 19.4. The number of alkyl halides is 3. The summed E-state index contributed by atoms with van der Waals surface area (Å²) in [5.74, 6) is -1.23. The highest BCUT2D eigenvalue weighted by Gasteiger charge is 2.28. The largest absolute Gasteiger partial charge is 0.405 e. The molecule has 1 rings (SSSR count). The fourth-order valence-corrected chi connectivity index (χ4v) is 1.50. The summed E-state index contributed by atoms with van der Waals surface area (Å²) >= 11 is 0. The van der Waals surface area contributed by atoms with Gasteiger partial charge in [0.15, 0.2) is 0 Å². The number of carbonyl (C=O) groups excluding carboxylic acids is 2. The van der Waals surface area contributed by atoms with E-state index in [1.807, 2.05) is 0 Å². The minimum absolute atomic E-state index is 0.0450. The second-order valence-electron chi connectivity index (χ2n) is 4.56. The molecule has 0 aromatic heterocycles. The molecule has 5 nitrogen and oxygen atoms in total. The molecule has 0 atom stereocenters. The number of amides is 2. The van der Waals surface area contributed by atoms with E-state index in [0.29, 0.717) is 11.3 Å². The van der Waals surface area contributed by atoms with Crippen LogP contribution >= 0.6 is 0 Å². The van der Waals surface area contributed by atoms with Crippen molar-refractivity contribution in [2.24, 2.45) is 0 Å². The van der Waals surface area contributed by atoms with E-state index in [1.54, 1.807) is 29.6 Å². The summed E-state index contributed by atoms with van der Waals surface area (Å²) in [6.45, 7) is -1.84. The number of nitrogens with zero attached hydrogens (tertiary/aromatic N) is 1. The molecule has 0 saturated carbocycles. The molecular weight excluding hydrogens is 287 g/mol. The maximum Gasteiger partial charge on any atom is 0.405 e. The van der Waals surface area contributed by atoms with E-state index in [0.717, 1.165) is 4.90 Å². The van der Waals surface area contributed by atoms with Crippen LogP contribution in [-0.4, -0.2) is 43.0 Å². The number of halogens is 3. The van der Waals surface area contributed by atoms with Gasteiger partial charge in [0.25, 0.3) is 0 Å². The summed E-state index contributed by atoms with van der Waals surface area (Å²) in [7, 11) is 1.35. The second-order valence-corrected chi connectivity index (χ2v) is 4.56. The van der Waals surface area contributed by atoms with Crippen molar-refractivity contribution in [1.29, 1.82) is 0 Å². The van der Waals surface area contributed by atoms with Gasteiger partial charge in [-0.15, -0.1) is 0 Å².